The van der Waals surface area contributed by atoms with Crippen molar-refractivity contribution in [2.24, 2.45) is 5.92 Å². The van der Waals surface area contributed by atoms with Crippen molar-refractivity contribution in [2.45, 2.75) is 31.9 Å². The highest BCUT2D eigenvalue weighted by Crippen LogP contribution is 2.28. The maximum atomic E-state index is 12.5. The fraction of sp³-hybridized carbons (Fsp3) is 0.750. The van der Waals surface area contributed by atoms with E-state index in [1.54, 1.807) is 0 Å². The van der Waals surface area contributed by atoms with E-state index in [1.165, 1.54) is 0 Å². The Labute approximate surface area is 64.1 Å². The Balaban J connectivity index is 2.34. The summed E-state index contributed by atoms with van der Waals surface area (Å²) in [4.78, 5) is 0. The molecule has 64 valence electrons. The van der Waals surface area contributed by atoms with E-state index in [4.69, 9.17) is 0 Å². The zero-order valence-corrected chi connectivity index (χ0v) is 6.19. The van der Waals surface area contributed by atoms with Crippen LogP contribution >= 0.6 is 0 Å². The predicted molar refractivity (Wildman–Crippen MR) is 37.2 cm³/mol. The molecule has 0 aromatic heterocycles. The summed E-state index contributed by atoms with van der Waals surface area (Å²) in [5.41, 5.74) is 0. The summed E-state index contributed by atoms with van der Waals surface area (Å²) in [6.45, 7) is 0. The minimum absolute atomic E-state index is 0.0907. The molecule has 0 amide bonds. The van der Waals surface area contributed by atoms with E-state index in [0.29, 0.717) is 25.7 Å². The monoisotopic (exact) mass is 164 g/mol. The van der Waals surface area contributed by atoms with Gasteiger partial charge in [0.05, 0.1) is 0 Å². The first kappa shape index (κ1) is 8.62. The second-order valence-electron chi connectivity index (χ2n) is 2.97. The van der Waals surface area contributed by atoms with Gasteiger partial charge in [-0.25, -0.2) is 4.39 Å². The summed E-state index contributed by atoms with van der Waals surface area (Å²) < 4.78 is 35.9. The van der Waals surface area contributed by atoms with Gasteiger partial charge in [-0.2, -0.15) is 8.78 Å². The van der Waals surface area contributed by atoms with Crippen molar-refractivity contribution >= 4 is 0 Å². The van der Waals surface area contributed by atoms with Gasteiger partial charge in [0, 0.05) is 0 Å². The van der Waals surface area contributed by atoms with Crippen LogP contribution in [0.2, 0.25) is 0 Å². The van der Waals surface area contributed by atoms with Crippen LogP contribution in [0.5, 0.6) is 0 Å². The number of alkyl halides is 1. The Bertz CT molecular complexity index is 141. The fourth-order valence-corrected chi connectivity index (χ4v) is 1.42. The van der Waals surface area contributed by atoms with Gasteiger partial charge in [0.25, 0.3) is 6.08 Å². The molecule has 0 heterocycles. The van der Waals surface area contributed by atoms with Gasteiger partial charge < -0.3 is 0 Å². The van der Waals surface area contributed by atoms with Crippen LogP contribution in [0.4, 0.5) is 13.2 Å². The summed E-state index contributed by atoms with van der Waals surface area (Å²) in [6, 6.07) is 0. The molecule has 0 N–H and O–H groups in total. The van der Waals surface area contributed by atoms with Gasteiger partial charge in [0.15, 0.2) is 0 Å². The van der Waals surface area contributed by atoms with E-state index < -0.39 is 12.3 Å². The third kappa shape index (κ3) is 2.95. The maximum Gasteiger partial charge on any atom is 0.266 e. The highest BCUT2D eigenvalue weighted by molar-refractivity contribution is 4.90. The Morgan fingerprint density at radius 3 is 2.09 bits per heavy atom. The fourth-order valence-electron chi connectivity index (χ4n) is 1.42. The summed E-state index contributed by atoms with van der Waals surface area (Å²) in [6.07, 6.45) is 0.570. The molecule has 3 heteroatoms. The first-order valence-electron chi connectivity index (χ1n) is 3.85. The largest absolute Gasteiger partial charge is 0.266 e. The molecule has 0 unspecified atom stereocenters. The summed E-state index contributed by atoms with van der Waals surface area (Å²) in [5.74, 6) is -0.0907. The zero-order valence-electron chi connectivity index (χ0n) is 6.19. The number of halogens is 3. The lowest BCUT2D eigenvalue weighted by Crippen LogP contribution is -2.13. The average molecular weight is 164 g/mol. The van der Waals surface area contributed by atoms with Crippen molar-refractivity contribution in [1.29, 1.82) is 0 Å². The average Bonchev–Trinajstić information content (AvgIpc) is 1.93. The van der Waals surface area contributed by atoms with Gasteiger partial charge in [-0.3, -0.25) is 0 Å². The van der Waals surface area contributed by atoms with E-state index in [2.05, 4.69) is 0 Å². The molecular formula is C8H11F3. The Kier molecular flexibility index (Phi) is 2.97. The highest BCUT2D eigenvalue weighted by Gasteiger charge is 2.19. The minimum atomic E-state index is -1.63. The number of hydrogen-bond acceptors (Lipinski definition) is 0. The van der Waals surface area contributed by atoms with Gasteiger partial charge in [-0.05, 0) is 37.7 Å². The molecule has 0 spiro atoms. The molecular weight excluding hydrogens is 153 g/mol. The van der Waals surface area contributed by atoms with E-state index >= 15 is 0 Å². The van der Waals surface area contributed by atoms with Crippen molar-refractivity contribution in [1.82, 2.24) is 0 Å². The summed E-state index contributed by atoms with van der Waals surface area (Å²) in [5, 5.41) is 0. The van der Waals surface area contributed by atoms with Gasteiger partial charge in [-0.15, -0.1) is 0 Å². The van der Waals surface area contributed by atoms with E-state index in [1.807, 2.05) is 0 Å². The van der Waals surface area contributed by atoms with Crippen LogP contribution in [0.25, 0.3) is 0 Å². The molecule has 0 bridgehead atoms. The third-order valence-electron chi connectivity index (χ3n) is 2.06. The highest BCUT2D eigenvalue weighted by atomic mass is 19.3. The number of allylic oxidation sites excluding steroid dienone is 1. The van der Waals surface area contributed by atoms with Crippen molar-refractivity contribution in [3.8, 4) is 0 Å². The van der Waals surface area contributed by atoms with Gasteiger partial charge in [0.1, 0.15) is 6.17 Å². The molecule has 0 radical (unpaired) electrons. The molecule has 0 aliphatic heterocycles. The van der Waals surface area contributed by atoms with Crippen LogP contribution in [0.3, 0.4) is 0 Å². The van der Waals surface area contributed by atoms with Crippen LogP contribution in [-0.2, 0) is 0 Å². The van der Waals surface area contributed by atoms with Crippen LogP contribution in [0, 0.1) is 5.92 Å². The molecule has 0 aromatic carbocycles. The van der Waals surface area contributed by atoms with E-state index in [0.717, 1.165) is 6.08 Å². The molecule has 0 saturated heterocycles. The maximum absolute atomic E-state index is 12.5. The van der Waals surface area contributed by atoms with Gasteiger partial charge in [0.2, 0.25) is 0 Å². The quantitative estimate of drug-likeness (QED) is 0.557. The predicted octanol–water partition coefficient (Wildman–Crippen LogP) is 3.30. The van der Waals surface area contributed by atoms with Crippen LogP contribution in [-0.4, -0.2) is 6.17 Å². The second-order valence-corrected chi connectivity index (χ2v) is 2.97. The normalized spacial score (nSPS) is 31.5. The van der Waals surface area contributed by atoms with Crippen LogP contribution in [0.1, 0.15) is 25.7 Å². The SMILES string of the molecule is FC(F)=CC1CCC(F)CC1. The Hall–Kier alpha value is -0.470. The molecule has 1 saturated carbocycles. The van der Waals surface area contributed by atoms with E-state index in [-0.39, 0.29) is 5.92 Å². The molecule has 1 aliphatic rings. The topological polar surface area (TPSA) is 0 Å². The lowest BCUT2D eigenvalue weighted by molar-refractivity contribution is 0.223. The molecule has 1 aliphatic carbocycles. The lowest BCUT2D eigenvalue weighted by atomic mass is 9.88. The smallest absolute Gasteiger partial charge is 0.247 e. The number of rotatable bonds is 1. The molecule has 0 nitrogen and oxygen atoms in total. The van der Waals surface area contributed by atoms with Crippen LogP contribution < -0.4 is 0 Å². The molecule has 0 atom stereocenters. The molecule has 0 aromatic rings. The zero-order chi connectivity index (χ0) is 8.27. The van der Waals surface area contributed by atoms with Gasteiger partial charge in [-0.1, -0.05) is 0 Å². The molecule has 11 heavy (non-hydrogen) atoms. The van der Waals surface area contributed by atoms with Crippen molar-refractivity contribution in [3.05, 3.63) is 12.2 Å². The second kappa shape index (κ2) is 3.79. The van der Waals surface area contributed by atoms with E-state index in [9.17, 15) is 13.2 Å². The first-order chi connectivity index (χ1) is 5.18. The number of hydrogen-bond donors (Lipinski definition) is 0. The van der Waals surface area contributed by atoms with Gasteiger partial charge >= 0.3 is 0 Å². The lowest BCUT2D eigenvalue weighted by Gasteiger charge is -2.20. The van der Waals surface area contributed by atoms with Crippen molar-refractivity contribution in [2.75, 3.05) is 0 Å². The molecule has 1 rings (SSSR count). The third-order valence-corrected chi connectivity index (χ3v) is 2.06. The Morgan fingerprint density at radius 2 is 1.64 bits per heavy atom. The van der Waals surface area contributed by atoms with Crippen LogP contribution in [0.15, 0.2) is 12.2 Å². The minimum Gasteiger partial charge on any atom is -0.247 e. The standard InChI is InChI=1S/C8H11F3/c9-7-3-1-6(2-4-7)5-8(10)11/h5-7H,1-4H2. The van der Waals surface area contributed by atoms with Crippen molar-refractivity contribution < 1.29 is 13.2 Å². The molecule has 1 fully saturated rings. The summed E-state index contributed by atoms with van der Waals surface area (Å²) >= 11 is 0. The summed E-state index contributed by atoms with van der Waals surface area (Å²) in [7, 11) is 0. The Morgan fingerprint density at radius 1 is 1.09 bits per heavy atom. The first-order valence-corrected chi connectivity index (χ1v) is 3.85. The van der Waals surface area contributed by atoms with Crippen molar-refractivity contribution in [3.63, 3.8) is 0 Å².